The Balaban J connectivity index is 2.12. The predicted octanol–water partition coefficient (Wildman–Crippen LogP) is 3.27. The minimum Gasteiger partial charge on any atom is -0.474 e. The van der Waals surface area contributed by atoms with Crippen molar-refractivity contribution in [2.24, 2.45) is 17.1 Å². The smallest absolute Gasteiger partial charge is 0.218 e. The standard InChI is InChI=1S/C15H23FN2O/c1-10-4-13(7-15(2,3)6-10)19-14-11(8-17)5-12(16)9-18-14/h5,9-10,13H,4,6-8,17H2,1-3H3. The van der Waals surface area contributed by atoms with Gasteiger partial charge >= 0.3 is 0 Å². The largest absolute Gasteiger partial charge is 0.474 e. The number of rotatable bonds is 3. The Hall–Kier alpha value is -1.16. The van der Waals surface area contributed by atoms with Crippen molar-refractivity contribution in [3.05, 3.63) is 23.6 Å². The first-order valence-corrected chi connectivity index (χ1v) is 6.91. The molecule has 1 saturated carbocycles. The summed E-state index contributed by atoms with van der Waals surface area (Å²) in [7, 11) is 0. The number of hydrogen-bond acceptors (Lipinski definition) is 3. The number of nitrogens with zero attached hydrogens (tertiary/aromatic N) is 1. The first-order chi connectivity index (χ1) is 8.89. The lowest BCUT2D eigenvalue weighted by molar-refractivity contribution is 0.0524. The lowest BCUT2D eigenvalue weighted by Gasteiger charge is -2.38. The van der Waals surface area contributed by atoms with Crippen molar-refractivity contribution in [3.8, 4) is 5.88 Å². The monoisotopic (exact) mass is 266 g/mol. The molecule has 2 N–H and O–H groups in total. The quantitative estimate of drug-likeness (QED) is 0.913. The molecule has 1 aromatic heterocycles. The van der Waals surface area contributed by atoms with Gasteiger partial charge in [0.1, 0.15) is 11.9 Å². The van der Waals surface area contributed by atoms with Crippen molar-refractivity contribution in [1.82, 2.24) is 4.98 Å². The van der Waals surface area contributed by atoms with Gasteiger partial charge in [-0.05, 0) is 36.7 Å². The number of nitrogens with two attached hydrogens (primary N) is 1. The Labute approximate surface area is 114 Å². The van der Waals surface area contributed by atoms with Gasteiger partial charge in [0.05, 0.1) is 6.20 Å². The summed E-state index contributed by atoms with van der Waals surface area (Å²) in [5, 5.41) is 0. The van der Waals surface area contributed by atoms with Gasteiger partial charge in [-0.15, -0.1) is 0 Å². The van der Waals surface area contributed by atoms with Crippen LogP contribution >= 0.6 is 0 Å². The third-order valence-electron chi connectivity index (χ3n) is 3.74. The molecule has 3 nitrogen and oxygen atoms in total. The second-order valence-corrected chi connectivity index (χ2v) is 6.48. The molecule has 0 aliphatic heterocycles. The number of aromatic nitrogens is 1. The van der Waals surface area contributed by atoms with Crippen molar-refractivity contribution in [2.75, 3.05) is 0 Å². The molecule has 1 aromatic rings. The summed E-state index contributed by atoms with van der Waals surface area (Å²) in [6.45, 7) is 7.02. The summed E-state index contributed by atoms with van der Waals surface area (Å²) >= 11 is 0. The second kappa shape index (κ2) is 5.45. The van der Waals surface area contributed by atoms with Crippen LogP contribution in [0.5, 0.6) is 5.88 Å². The summed E-state index contributed by atoms with van der Waals surface area (Å²) in [6.07, 6.45) is 4.56. The molecule has 1 aliphatic carbocycles. The van der Waals surface area contributed by atoms with E-state index in [0.717, 1.165) is 12.8 Å². The summed E-state index contributed by atoms with van der Waals surface area (Å²) in [5.41, 5.74) is 6.54. The van der Waals surface area contributed by atoms with Crippen molar-refractivity contribution in [3.63, 3.8) is 0 Å². The maximum Gasteiger partial charge on any atom is 0.218 e. The highest BCUT2D eigenvalue weighted by atomic mass is 19.1. The van der Waals surface area contributed by atoms with Gasteiger partial charge in [-0.2, -0.15) is 0 Å². The van der Waals surface area contributed by atoms with E-state index in [2.05, 4.69) is 25.8 Å². The van der Waals surface area contributed by atoms with Crippen LogP contribution < -0.4 is 10.5 Å². The molecule has 2 unspecified atom stereocenters. The van der Waals surface area contributed by atoms with E-state index in [-0.39, 0.29) is 23.9 Å². The molecule has 0 bridgehead atoms. The zero-order valence-corrected chi connectivity index (χ0v) is 11.9. The van der Waals surface area contributed by atoms with E-state index in [1.54, 1.807) is 0 Å². The molecule has 1 aliphatic rings. The van der Waals surface area contributed by atoms with E-state index in [4.69, 9.17) is 10.5 Å². The van der Waals surface area contributed by atoms with Gasteiger partial charge in [0.2, 0.25) is 5.88 Å². The molecule has 1 heterocycles. The lowest BCUT2D eigenvalue weighted by atomic mass is 9.71. The van der Waals surface area contributed by atoms with Gasteiger partial charge < -0.3 is 10.5 Å². The fraction of sp³-hybridized carbons (Fsp3) is 0.667. The molecule has 1 fully saturated rings. The average Bonchev–Trinajstić information content (AvgIpc) is 2.28. The van der Waals surface area contributed by atoms with Crippen LogP contribution in [0.4, 0.5) is 4.39 Å². The maximum atomic E-state index is 13.1. The zero-order valence-electron chi connectivity index (χ0n) is 11.9. The van der Waals surface area contributed by atoms with Gasteiger partial charge in [-0.1, -0.05) is 20.8 Å². The minimum absolute atomic E-state index is 0.141. The number of pyridine rings is 1. The Morgan fingerprint density at radius 1 is 1.47 bits per heavy atom. The third kappa shape index (κ3) is 3.66. The topological polar surface area (TPSA) is 48.1 Å². The number of ether oxygens (including phenoxy) is 1. The number of hydrogen-bond donors (Lipinski definition) is 1. The van der Waals surface area contributed by atoms with Crippen LogP contribution in [0, 0.1) is 17.2 Å². The normalized spacial score (nSPS) is 26.2. The highest BCUT2D eigenvalue weighted by Crippen LogP contribution is 2.40. The summed E-state index contributed by atoms with van der Waals surface area (Å²) in [5.74, 6) is 0.750. The molecule has 0 radical (unpaired) electrons. The van der Waals surface area contributed by atoms with Crippen LogP contribution in [-0.2, 0) is 6.54 Å². The average molecular weight is 266 g/mol. The molecular weight excluding hydrogens is 243 g/mol. The zero-order chi connectivity index (χ0) is 14.0. The van der Waals surface area contributed by atoms with Gasteiger partial charge in [-0.25, -0.2) is 9.37 Å². The lowest BCUT2D eigenvalue weighted by Crippen LogP contribution is -2.34. The van der Waals surface area contributed by atoms with Crippen LogP contribution in [0.3, 0.4) is 0 Å². The first kappa shape index (κ1) is 14.3. The molecular formula is C15H23FN2O. The van der Waals surface area contributed by atoms with E-state index in [9.17, 15) is 4.39 Å². The van der Waals surface area contributed by atoms with Gasteiger partial charge in [0.15, 0.2) is 0 Å². The molecule has 106 valence electrons. The van der Waals surface area contributed by atoms with E-state index >= 15 is 0 Å². The highest BCUT2D eigenvalue weighted by molar-refractivity contribution is 5.26. The highest BCUT2D eigenvalue weighted by Gasteiger charge is 2.33. The molecule has 4 heteroatoms. The van der Waals surface area contributed by atoms with Crippen molar-refractivity contribution in [1.29, 1.82) is 0 Å². The summed E-state index contributed by atoms with van der Waals surface area (Å²) in [4.78, 5) is 4.04. The van der Waals surface area contributed by atoms with E-state index in [1.807, 2.05) is 0 Å². The van der Waals surface area contributed by atoms with Crippen molar-refractivity contribution >= 4 is 0 Å². The summed E-state index contributed by atoms with van der Waals surface area (Å²) in [6, 6.07) is 1.40. The molecule has 0 saturated heterocycles. The minimum atomic E-state index is -0.370. The molecule has 0 spiro atoms. The van der Waals surface area contributed by atoms with Gasteiger partial charge in [0, 0.05) is 12.1 Å². The molecule has 0 aromatic carbocycles. The van der Waals surface area contributed by atoms with Gasteiger partial charge in [0.25, 0.3) is 0 Å². The van der Waals surface area contributed by atoms with Crippen LogP contribution in [0.15, 0.2) is 12.3 Å². The second-order valence-electron chi connectivity index (χ2n) is 6.48. The maximum absolute atomic E-state index is 13.1. The molecule has 2 atom stereocenters. The van der Waals surface area contributed by atoms with Gasteiger partial charge in [-0.3, -0.25) is 0 Å². The van der Waals surface area contributed by atoms with Crippen LogP contribution in [-0.4, -0.2) is 11.1 Å². The molecule has 19 heavy (non-hydrogen) atoms. The Morgan fingerprint density at radius 2 is 2.21 bits per heavy atom. The fourth-order valence-electron chi connectivity index (χ4n) is 3.23. The van der Waals surface area contributed by atoms with Crippen LogP contribution in [0.25, 0.3) is 0 Å². The fourth-order valence-corrected chi connectivity index (χ4v) is 3.23. The van der Waals surface area contributed by atoms with E-state index < -0.39 is 0 Å². The molecule has 2 rings (SSSR count). The van der Waals surface area contributed by atoms with Crippen molar-refractivity contribution < 1.29 is 9.13 Å². The van der Waals surface area contributed by atoms with Crippen LogP contribution in [0.2, 0.25) is 0 Å². The third-order valence-corrected chi connectivity index (χ3v) is 3.74. The Kier molecular flexibility index (Phi) is 4.09. The number of halogens is 1. The predicted molar refractivity (Wildman–Crippen MR) is 73.3 cm³/mol. The summed E-state index contributed by atoms with van der Waals surface area (Å²) < 4.78 is 19.1. The van der Waals surface area contributed by atoms with Crippen molar-refractivity contribution in [2.45, 2.75) is 52.7 Å². The van der Waals surface area contributed by atoms with Crippen LogP contribution in [0.1, 0.15) is 45.6 Å². The SMILES string of the molecule is CC1CC(Oc2ncc(F)cc2CN)CC(C)(C)C1. The van der Waals surface area contributed by atoms with E-state index in [1.165, 1.54) is 18.7 Å². The molecule has 0 amide bonds. The van der Waals surface area contributed by atoms with E-state index in [0.29, 0.717) is 17.4 Å². The Morgan fingerprint density at radius 3 is 2.84 bits per heavy atom. The Bertz CT molecular complexity index is 448. The first-order valence-electron chi connectivity index (χ1n) is 6.91.